The zero-order chi connectivity index (χ0) is 13.8. The number of ether oxygens (including phenoxy) is 1. The van der Waals surface area contributed by atoms with Gasteiger partial charge in [0.2, 0.25) is 10.0 Å². The van der Waals surface area contributed by atoms with Crippen LogP contribution in [0.3, 0.4) is 0 Å². The number of nitrogens with one attached hydrogen (secondary N) is 1. The lowest BCUT2D eigenvalue weighted by atomic mass is 10.2. The zero-order valence-corrected chi connectivity index (χ0v) is 12.7. The van der Waals surface area contributed by atoms with Gasteiger partial charge in [-0.25, -0.2) is 8.42 Å². The molecular formula is C12H26N2O3S. The molecule has 3 unspecified atom stereocenters. The lowest BCUT2D eigenvalue weighted by Gasteiger charge is -2.29. The van der Waals surface area contributed by atoms with Crippen molar-refractivity contribution in [2.45, 2.75) is 51.0 Å². The summed E-state index contributed by atoms with van der Waals surface area (Å²) in [6.45, 7) is 7.76. The van der Waals surface area contributed by atoms with Crippen LogP contribution in [0.25, 0.3) is 0 Å². The van der Waals surface area contributed by atoms with Gasteiger partial charge in [-0.3, -0.25) is 0 Å². The average molecular weight is 278 g/mol. The number of likely N-dealkylation sites (N-methyl/N-ethyl adjacent to an activating group) is 1. The Kier molecular flexibility index (Phi) is 6.04. The van der Waals surface area contributed by atoms with E-state index in [9.17, 15) is 8.42 Å². The number of hydrogen-bond acceptors (Lipinski definition) is 4. The molecule has 18 heavy (non-hydrogen) atoms. The summed E-state index contributed by atoms with van der Waals surface area (Å²) in [4.78, 5) is 0. The van der Waals surface area contributed by atoms with E-state index >= 15 is 0 Å². The van der Waals surface area contributed by atoms with Crippen LogP contribution >= 0.6 is 0 Å². The molecule has 0 aromatic rings. The summed E-state index contributed by atoms with van der Waals surface area (Å²) in [5.74, 6) is 0. The van der Waals surface area contributed by atoms with Crippen molar-refractivity contribution < 1.29 is 13.2 Å². The summed E-state index contributed by atoms with van der Waals surface area (Å²) >= 11 is 0. The van der Waals surface area contributed by atoms with Crippen LogP contribution in [0.15, 0.2) is 0 Å². The van der Waals surface area contributed by atoms with Crippen LogP contribution in [0.1, 0.15) is 33.6 Å². The van der Waals surface area contributed by atoms with Crippen molar-refractivity contribution in [3.05, 3.63) is 0 Å². The minimum atomic E-state index is -3.24. The van der Waals surface area contributed by atoms with Gasteiger partial charge in [0.05, 0.1) is 17.4 Å². The van der Waals surface area contributed by atoms with Crippen molar-refractivity contribution >= 4 is 10.0 Å². The standard InChI is InChI=1S/C12H26N2O3S/c1-5-7-13-9-10(2)18(15,16)14(4)12-6-8-17-11(12)3/h10-13H,5-9H2,1-4H3. The number of sulfonamides is 1. The highest BCUT2D eigenvalue weighted by atomic mass is 32.2. The molecule has 1 rings (SSSR count). The fourth-order valence-corrected chi connectivity index (χ4v) is 3.81. The predicted molar refractivity (Wildman–Crippen MR) is 73.1 cm³/mol. The van der Waals surface area contributed by atoms with Crippen molar-refractivity contribution in [2.75, 3.05) is 26.7 Å². The van der Waals surface area contributed by atoms with Gasteiger partial charge in [-0.05, 0) is 33.2 Å². The molecule has 0 bridgehead atoms. The van der Waals surface area contributed by atoms with Gasteiger partial charge in [-0.2, -0.15) is 4.31 Å². The third kappa shape index (κ3) is 3.66. The first-order chi connectivity index (χ1) is 8.41. The third-order valence-electron chi connectivity index (χ3n) is 3.57. The monoisotopic (exact) mass is 278 g/mol. The molecule has 1 aliphatic heterocycles. The molecule has 0 radical (unpaired) electrons. The Hall–Kier alpha value is -0.170. The third-order valence-corrected chi connectivity index (χ3v) is 5.83. The maximum absolute atomic E-state index is 12.4. The second-order valence-electron chi connectivity index (χ2n) is 5.01. The van der Waals surface area contributed by atoms with Gasteiger partial charge in [0.15, 0.2) is 0 Å². The summed E-state index contributed by atoms with van der Waals surface area (Å²) in [6.07, 6.45) is 1.78. The van der Waals surface area contributed by atoms with Crippen LogP contribution in [0.2, 0.25) is 0 Å². The van der Waals surface area contributed by atoms with Crippen LogP contribution in [-0.4, -0.2) is 56.9 Å². The molecule has 0 amide bonds. The zero-order valence-electron chi connectivity index (χ0n) is 11.8. The van der Waals surface area contributed by atoms with E-state index in [1.165, 1.54) is 4.31 Å². The first-order valence-electron chi connectivity index (χ1n) is 6.70. The van der Waals surface area contributed by atoms with E-state index in [1.54, 1.807) is 14.0 Å². The maximum atomic E-state index is 12.4. The number of hydrogen-bond donors (Lipinski definition) is 1. The van der Waals surface area contributed by atoms with Gasteiger partial charge in [-0.1, -0.05) is 6.92 Å². The lowest BCUT2D eigenvalue weighted by Crippen LogP contribution is -2.47. The Balaban J connectivity index is 2.61. The van der Waals surface area contributed by atoms with E-state index in [0.717, 1.165) is 19.4 Å². The topological polar surface area (TPSA) is 58.6 Å². The maximum Gasteiger partial charge on any atom is 0.218 e. The normalized spacial score (nSPS) is 26.7. The molecule has 1 saturated heterocycles. The van der Waals surface area contributed by atoms with Crippen LogP contribution in [0.4, 0.5) is 0 Å². The average Bonchev–Trinajstić information content (AvgIpc) is 2.74. The Morgan fingerprint density at radius 1 is 1.50 bits per heavy atom. The molecule has 3 atom stereocenters. The quantitative estimate of drug-likeness (QED) is 0.700. The molecule has 0 spiro atoms. The van der Waals surface area contributed by atoms with Crippen LogP contribution in [0, 0.1) is 0 Å². The molecular weight excluding hydrogens is 252 g/mol. The fourth-order valence-electron chi connectivity index (χ4n) is 2.26. The van der Waals surface area contributed by atoms with Crippen molar-refractivity contribution in [3.8, 4) is 0 Å². The van der Waals surface area contributed by atoms with Gasteiger partial charge in [-0.15, -0.1) is 0 Å². The van der Waals surface area contributed by atoms with Crippen molar-refractivity contribution in [2.24, 2.45) is 0 Å². The summed E-state index contributed by atoms with van der Waals surface area (Å²) < 4.78 is 31.7. The molecule has 108 valence electrons. The van der Waals surface area contributed by atoms with E-state index in [2.05, 4.69) is 12.2 Å². The van der Waals surface area contributed by atoms with Gasteiger partial charge in [0, 0.05) is 20.2 Å². The molecule has 6 heteroatoms. The lowest BCUT2D eigenvalue weighted by molar-refractivity contribution is 0.102. The Morgan fingerprint density at radius 3 is 2.67 bits per heavy atom. The molecule has 0 aliphatic carbocycles. The highest BCUT2D eigenvalue weighted by molar-refractivity contribution is 7.89. The number of nitrogens with zero attached hydrogens (tertiary/aromatic N) is 1. The first-order valence-corrected chi connectivity index (χ1v) is 8.20. The van der Waals surface area contributed by atoms with Crippen LogP contribution in [-0.2, 0) is 14.8 Å². The molecule has 1 N–H and O–H groups in total. The molecule has 0 aromatic heterocycles. The van der Waals surface area contributed by atoms with Crippen molar-refractivity contribution in [1.82, 2.24) is 9.62 Å². The fraction of sp³-hybridized carbons (Fsp3) is 1.00. The molecule has 0 saturated carbocycles. The first kappa shape index (κ1) is 15.9. The highest BCUT2D eigenvalue weighted by Crippen LogP contribution is 2.22. The van der Waals surface area contributed by atoms with Gasteiger partial charge in [0.25, 0.3) is 0 Å². The Labute approximate surface area is 111 Å². The highest BCUT2D eigenvalue weighted by Gasteiger charge is 2.36. The molecule has 0 aromatic carbocycles. The summed E-state index contributed by atoms with van der Waals surface area (Å²) in [5.41, 5.74) is 0. The van der Waals surface area contributed by atoms with Crippen LogP contribution in [0.5, 0.6) is 0 Å². The molecule has 1 fully saturated rings. The summed E-state index contributed by atoms with van der Waals surface area (Å²) in [7, 11) is -1.58. The largest absolute Gasteiger partial charge is 0.377 e. The Bertz CT molecular complexity index is 345. The number of rotatable bonds is 7. The van der Waals surface area contributed by atoms with Gasteiger partial charge in [0.1, 0.15) is 0 Å². The van der Waals surface area contributed by atoms with E-state index in [0.29, 0.717) is 13.2 Å². The minimum absolute atomic E-state index is 0.0134. The summed E-state index contributed by atoms with van der Waals surface area (Å²) in [5, 5.41) is 2.76. The van der Waals surface area contributed by atoms with E-state index in [-0.39, 0.29) is 12.1 Å². The molecule has 1 heterocycles. The van der Waals surface area contributed by atoms with Crippen molar-refractivity contribution in [1.29, 1.82) is 0 Å². The van der Waals surface area contributed by atoms with E-state index in [1.807, 2.05) is 6.92 Å². The van der Waals surface area contributed by atoms with Gasteiger partial charge >= 0.3 is 0 Å². The second kappa shape index (κ2) is 6.84. The molecule has 5 nitrogen and oxygen atoms in total. The SMILES string of the molecule is CCCNCC(C)S(=O)(=O)N(C)C1CCOC1C. The van der Waals surface area contributed by atoms with Gasteiger partial charge < -0.3 is 10.1 Å². The smallest absolute Gasteiger partial charge is 0.218 e. The second-order valence-corrected chi connectivity index (χ2v) is 7.42. The van der Waals surface area contributed by atoms with E-state index < -0.39 is 15.3 Å². The Morgan fingerprint density at radius 2 is 2.17 bits per heavy atom. The predicted octanol–water partition coefficient (Wildman–Crippen LogP) is 0.814. The van der Waals surface area contributed by atoms with Crippen molar-refractivity contribution in [3.63, 3.8) is 0 Å². The van der Waals surface area contributed by atoms with Crippen LogP contribution < -0.4 is 5.32 Å². The molecule has 1 aliphatic rings. The van der Waals surface area contributed by atoms with E-state index in [4.69, 9.17) is 4.74 Å². The minimum Gasteiger partial charge on any atom is -0.377 e. The summed E-state index contributed by atoms with van der Waals surface area (Å²) in [6, 6.07) is -0.0244.